The Morgan fingerprint density at radius 2 is 2.19 bits per heavy atom. The normalized spacial score (nSPS) is 19.4. The molecule has 0 radical (unpaired) electrons. The number of rotatable bonds is 1. The van der Waals surface area contributed by atoms with Crippen LogP contribution in [0.3, 0.4) is 0 Å². The van der Waals surface area contributed by atoms with Gasteiger partial charge in [-0.15, -0.1) is 0 Å². The van der Waals surface area contributed by atoms with Gasteiger partial charge >= 0.3 is 0 Å². The Morgan fingerprint density at radius 3 is 3.06 bits per heavy atom. The molecule has 0 amide bonds. The van der Waals surface area contributed by atoms with Crippen LogP contribution >= 0.6 is 11.6 Å². The first kappa shape index (κ1) is 9.87. The van der Waals surface area contributed by atoms with Crippen molar-refractivity contribution < 1.29 is 9.26 Å². The zero-order valence-corrected chi connectivity index (χ0v) is 9.28. The van der Waals surface area contributed by atoms with Crippen LogP contribution in [0.1, 0.15) is 22.9 Å². The zero-order valence-electron chi connectivity index (χ0n) is 8.52. The van der Waals surface area contributed by atoms with Crippen molar-refractivity contribution in [3.63, 3.8) is 0 Å². The number of hydrogen-bond acceptors (Lipinski definition) is 3. The van der Waals surface area contributed by atoms with E-state index < -0.39 is 0 Å². The van der Waals surface area contributed by atoms with Crippen LogP contribution in [-0.2, 0) is 11.2 Å². The molecule has 0 saturated carbocycles. The first-order valence-corrected chi connectivity index (χ1v) is 5.53. The second-order valence-electron chi connectivity index (χ2n) is 3.75. The fourth-order valence-corrected chi connectivity index (χ4v) is 2.19. The molecular weight excluding hydrogens is 226 g/mol. The van der Waals surface area contributed by atoms with Crippen LogP contribution in [0.4, 0.5) is 0 Å². The minimum Gasteiger partial charge on any atom is -0.367 e. The van der Waals surface area contributed by atoms with Crippen LogP contribution in [0, 0.1) is 0 Å². The maximum atomic E-state index is 6.15. The summed E-state index contributed by atoms with van der Waals surface area (Å²) >= 11 is 6.15. The van der Waals surface area contributed by atoms with Crippen molar-refractivity contribution in [3.8, 4) is 0 Å². The molecule has 82 valence electrons. The van der Waals surface area contributed by atoms with E-state index in [4.69, 9.17) is 20.9 Å². The maximum Gasteiger partial charge on any atom is 0.130 e. The molecule has 1 atom stereocenters. The highest BCUT2D eigenvalue weighted by molar-refractivity contribution is 6.31. The highest BCUT2D eigenvalue weighted by Crippen LogP contribution is 2.34. The molecule has 2 heterocycles. The van der Waals surface area contributed by atoms with E-state index in [0.29, 0.717) is 11.6 Å². The number of fused-ring (bicyclic) bond motifs is 1. The molecular formula is C12H10ClNO2. The molecule has 0 aliphatic carbocycles. The predicted molar refractivity (Wildman–Crippen MR) is 59.5 cm³/mol. The monoisotopic (exact) mass is 235 g/mol. The largest absolute Gasteiger partial charge is 0.367 e. The number of aromatic nitrogens is 1. The number of nitrogens with zero attached hydrogens (tertiary/aromatic N) is 1. The van der Waals surface area contributed by atoms with Gasteiger partial charge in [-0.05, 0) is 6.07 Å². The summed E-state index contributed by atoms with van der Waals surface area (Å²) in [7, 11) is 0. The summed E-state index contributed by atoms with van der Waals surface area (Å²) in [4.78, 5) is 0. The predicted octanol–water partition coefficient (Wildman–Crippen LogP) is 2.99. The first-order valence-electron chi connectivity index (χ1n) is 5.15. The van der Waals surface area contributed by atoms with Gasteiger partial charge in [0.25, 0.3) is 0 Å². The molecule has 4 heteroatoms. The van der Waals surface area contributed by atoms with Gasteiger partial charge in [0.15, 0.2) is 0 Å². The molecule has 0 fully saturated rings. The summed E-state index contributed by atoms with van der Waals surface area (Å²) in [5.74, 6) is 0. The molecule has 0 saturated heterocycles. The van der Waals surface area contributed by atoms with Crippen molar-refractivity contribution in [1.82, 2.24) is 5.16 Å². The minimum atomic E-state index is -0.198. The third-order valence-electron chi connectivity index (χ3n) is 2.77. The standard InChI is InChI=1S/C12H10ClNO2/c13-10-4-2-1-3-9(10)12-11-8(5-6-15-12)7-16-14-11/h1-4,7,12H,5-6H2. The van der Waals surface area contributed by atoms with Gasteiger partial charge in [-0.1, -0.05) is 35.0 Å². The van der Waals surface area contributed by atoms with Crippen LogP contribution < -0.4 is 0 Å². The van der Waals surface area contributed by atoms with E-state index in [2.05, 4.69) is 5.16 Å². The third kappa shape index (κ3) is 1.52. The van der Waals surface area contributed by atoms with Gasteiger partial charge in [-0.2, -0.15) is 0 Å². The third-order valence-corrected chi connectivity index (χ3v) is 3.11. The van der Waals surface area contributed by atoms with Gasteiger partial charge in [0.2, 0.25) is 0 Å². The van der Waals surface area contributed by atoms with Gasteiger partial charge in [-0.3, -0.25) is 0 Å². The molecule has 16 heavy (non-hydrogen) atoms. The highest BCUT2D eigenvalue weighted by atomic mass is 35.5. The number of halogens is 1. The van der Waals surface area contributed by atoms with Crippen molar-refractivity contribution in [2.75, 3.05) is 6.61 Å². The van der Waals surface area contributed by atoms with E-state index in [1.807, 2.05) is 24.3 Å². The second-order valence-corrected chi connectivity index (χ2v) is 4.15. The quantitative estimate of drug-likeness (QED) is 0.762. The van der Waals surface area contributed by atoms with Crippen molar-refractivity contribution in [2.24, 2.45) is 0 Å². The Labute approximate surface area is 98.0 Å². The molecule has 0 bridgehead atoms. The van der Waals surface area contributed by atoms with Crippen molar-refractivity contribution in [3.05, 3.63) is 52.4 Å². The average Bonchev–Trinajstić information content (AvgIpc) is 2.77. The number of ether oxygens (including phenoxy) is 1. The number of benzene rings is 1. The van der Waals surface area contributed by atoms with Crippen molar-refractivity contribution >= 4 is 11.6 Å². The molecule has 1 aromatic carbocycles. The van der Waals surface area contributed by atoms with Gasteiger partial charge in [0.1, 0.15) is 18.1 Å². The Morgan fingerprint density at radius 1 is 1.31 bits per heavy atom. The molecule has 3 rings (SSSR count). The Hall–Kier alpha value is -1.32. The molecule has 1 aliphatic heterocycles. The number of hydrogen-bond donors (Lipinski definition) is 0. The van der Waals surface area contributed by atoms with Crippen LogP contribution in [0.2, 0.25) is 5.02 Å². The molecule has 1 unspecified atom stereocenters. The lowest BCUT2D eigenvalue weighted by Gasteiger charge is -2.22. The maximum absolute atomic E-state index is 6.15. The van der Waals surface area contributed by atoms with Gasteiger partial charge in [0.05, 0.1) is 6.61 Å². The van der Waals surface area contributed by atoms with Crippen LogP contribution in [0.5, 0.6) is 0 Å². The highest BCUT2D eigenvalue weighted by Gasteiger charge is 2.27. The van der Waals surface area contributed by atoms with E-state index in [0.717, 1.165) is 23.2 Å². The lowest BCUT2D eigenvalue weighted by Crippen LogP contribution is -2.16. The van der Waals surface area contributed by atoms with E-state index in [-0.39, 0.29) is 6.10 Å². The molecule has 3 nitrogen and oxygen atoms in total. The summed E-state index contributed by atoms with van der Waals surface area (Å²) < 4.78 is 10.7. The van der Waals surface area contributed by atoms with E-state index in [1.165, 1.54) is 0 Å². The van der Waals surface area contributed by atoms with Crippen LogP contribution in [-0.4, -0.2) is 11.8 Å². The molecule has 1 aliphatic rings. The fourth-order valence-electron chi connectivity index (χ4n) is 1.96. The van der Waals surface area contributed by atoms with E-state index >= 15 is 0 Å². The van der Waals surface area contributed by atoms with Crippen molar-refractivity contribution in [2.45, 2.75) is 12.5 Å². The molecule has 0 spiro atoms. The van der Waals surface area contributed by atoms with Gasteiger partial charge < -0.3 is 9.26 Å². The van der Waals surface area contributed by atoms with E-state index in [1.54, 1.807) is 6.26 Å². The summed E-state index contributed by atoms with van der Waals surface area (Å²) in [5, 5.41) is 4.69. The van der Waals surface area contributed by atoms with Gasteiger partial charge in [-0.25, -0.2) is 0 Å². The molecule has 1 aromatic heterocycles. The summed E-state index contributed by atoms with van der Waals surface area (Å²) in [6, 6.07) is 7.66. The van der Waals surface area contributed by atoms with Gasteiger partial charge in [0, 0.05) is 22.6 Å². The Bertz CT molecular complexity index is 509. The van der Waals surface area contributed by atoms with E-state index in [9.17, 15) is 0 Å². The zero-order chi connectivity index (χ0) is 11.0. The summed E-state index contributed by atoms with van der Waals surface area (Å²) in [6.07, 6.45) is 2.33. The lowest BCUT2D eigenvalue weighted by molar-refractivity contribution is 0.0657. The van der Waals surface area contributed by atoms with Crippen molar-refractivity contribution in [1.29, 1.82) is 0 Å². The fraction of sp³-hybridized carbons (Fsp3) is 0.250. The Kier molecular flexibility index (Phi) is 2.42. The van der Waals surface area contributed by atoms with Crippen LogP contribution in [0.25, 0.3) is 0 Å². The van der Waals surface area contributed by atoms with Crippen LogP contribution in [0.15, 0.2) is 35.1 Å². The summed E-state index contributed by atoms with van der Waals surface area (Å²) in [6.45, 7) is 0.671. The Balaban J connectivity index is 2.08. The smallest absolute Gasteiger partial charge is 0.130 e. The SMILES string of the molecule is Clc1ccccc1C1OCCc2conc21. The minimum absolute atomic E-state index is 0.198. The second kappa shape index (κ2) is 3.92. The molecule has 0 N–H and O–H groups in total. The molecule has 2 aromatic rings. The average molecular weight is 236 g/mol. The first-order chi connectivity index (χ1) is 7.86. The summed E-state index contributed by atoms with van der Waals surface area (Å²) in [5.41, 5.74) is 2.90. The lowest BCUT2D eigenvalue weighted by atomic mass is 10.00. The topological polar surface area (TPSA) is 35.3 Å².